The molecule has 20 heavy (non-hydrogen) atoms. The lowest BCUT2D eigenvalue weighted by molar-refractivity contribution is 0.515. The summed E-state index contributed by atoms with van der Waals surface area (Å²) in [5, 5.41) is 5.42. The number of nitrogen functional groups attached to an aromatic ring is 1. The standard InChI is InChI=1S/C12H17N7S/c13-18-10-15-11(19-8-4-7-14-19)17-12(16-10)20-9-5-2-1-3-6-9/h4,7-9H,1-3,5-6,13H2,(H,15,16,17,18). The number of aromatic nitrogens is 5. The van der Waals surface area contributed by atoms with Gasteiger partial charge in [-0.1, -0.05) is 31.0 Å². The topological polar surface area (TPSA) is 94.5 Å². The van der Waals surface area contributed by atoms with Crippen LogP contribution in [0.1, 0.15) is 32.1 Å². The molecule has 0 unspecified atom stereocenters. The molecule has 7 nitrogen and oxygen atoms in total. The fraction of sp³-hybridized carbons (Fsp3) is 0.500. The molecule has 8 heteroatoms. The van der Waals surface area contributed by atoms with E-state index in [1.165, 1.54) is 32.1 Å². The Morgan fingerprint density at radius 3 is 2.75 bits per heavy atom. The average Bonchev–Trinajstić information content (AvgIpc) is 3.02. The van der Waals surface area contributed by atoms with Crippen LogP contribution in [0.3, 0.4) is 0 Å². The minimum absolute atomic E-state index is 0.365. The number of thioether (sulfide) groups is 1. The van der Waals surface area contributed by atoms with Gasteiger partial charge in [-0.25, -0.2) is 10.5 Å². The van der Waals surface area contributed by atoms with Gasteiger partial charge >= 0.3 is 0 Å². The first-order valence-electron chi connectivity index (χ1n) is 6.74. The molecule has 1 aliphatic rings. The van der Waals surface area contributed by atoms with Gasteiger partial charge in [0.05, 0.1) is 0 Å². The van der Waals surface area contributed by atoms with Crippen molar-refractivity contribution in [3.05, 3.63) is 18.5 Å². The highest BCUT2D eigenvalue weighted by molar-refractivity contribution is 7.99. The molecule has 0 radical (unpaired) electrons. The molecule has 1 saturated carbocycles. The summed E-state index contributed by atoms with van der Waals surface area (Å²) < 4.78 is 1.60. The molecule has 2 aromatic heterocycles. The number of hydrazine groups is 1. The Morgan fingerprint density at radius 2 is 2.05 bits per heavy atom. The van der Waals surface area contributed by atoms with Crippen LogP contribution in [0.25, 0.3) is 5.95 Å². The second kappa shape index (κ2) is 6.19. The zero-order valence-corrected chi connectivity index (χ0v) is 11.9. The summed E-state index contributed by atoms with van der Waals surface area (Å²) in [5.41, 5.74) is 2.49. The van der Waals surface area contributed by atoms with Gasteiger partial charge in [0.1, 0.15) is 0 Å². The van der Waals surface area contributed by atoms with Crippen LogP contribution in [0.2, 0.25) is 0 Å². The zero-order chi connectivity index (χ0) is 13.8. The Hall–Kier alpha value is -1.67. The quantitative estimate of drug-likeness (QED) is 0.654. The van der Waals surface area contributed by atoms with E-state index >= 15 is 0 Å². The fourth-order valence-electron chi connectivity index (χ4n) is 2.28. The van der Waals surface area contributed by atoms with Crippen LogP contribution >= 0.6 is 11.8 Å². The number of hydrogen-bond donors (Lipinski definition) is 2. The van der Waals surface area contributed by atoms with Gasteiger partial charge in [-0.05, 0) is 18.9 Å². The molecular weight excluding hydrogens is 274 g/mol. The molecular formula is C12H17N7S. The van der Waals surface area contributed by atoms with Crippen molar-refractivity contribution in [3.8, 4) is 5.95 Å². The normalized spacial score (nSPS) is 16.2. The number of rotatable bonds is 4. The van der Waals surface area contributed by atoms with Crippen molar-refractivity contribution >= 4 is 17.7 Å². The van der Waals surface area contributed by atoms with E-state index in [0.717, 1.165) is 0 Å². The second-order valence-corrected chi connectivity index (χ2v) is 5.98. The van der Waals surface area contributed by atoms with Crippen molar-refractivity contribution in [2.24, 2.45) is 5.84 Å². The van der Waals surface area contributed by atoms with Gasteiger partial charge in [-0.3, -0.25) is 5.43 Å². The molecule has 2 heterocycles. The molecule has 3 rings (SSSR count). The number of nitrogens with one attached hydrogen (secondary N) is 1. The summed E-state index contributed by atoms with van der Waals surface area (Å²) in [6, 6.07) is 1.83. The minimum Gasteiger partial charge on any atom is -0.292 e. The Labute approximate surface area is 121 Å². The Bertz CT molecular complexity index is 551. The summed E-state index contributed by atoms with van der Waals surface area (Å²) in [5.74, 6) is 6.28. The summed E-state index contributed by atoms with van der Waals surface area (Å²) in [7, 11) is 0. The lowest BCUT2D eigenvalue weighted by atomic mass is 10.0. The molecule has 3 N–H and O–H groups in total. The van der Waals surface area contributed by atoms with Gasteiger partial charge in [-0.2, -0.15) is 20.1 Å². The lowest BCUT2D eigenvalue weighted by Crippen LogP contribution is -2.15. The van der Waals surface area contributed by atoms with Crippen LogP contribution in [-0.2, 0) is 0 Å². The maximum Gasteiger partial charge on any atom is 0.256 e. The number of nitrogens with zero attached hydrogens (tertiary/aromatic N) is 5. The van der Waals surface area contributed by atoms with Gasteiger partial charge in [0, 0.05) is 17.6 Å². The van der Waals surface area contributed by atoms with Crippen LogP contribution in [-0.4, -0.2) is 30.0 Å². The van der Waals surface area contributed by atoms with Gasteiger partial charge < -0.3 is 0 Å². The van der Waals surface area contributed by atoms with Crippen molar-refractivity contribution in [1.82, 2.24) is 24.7 Å². The van der Waals surface area contributed by atoms with E-state index in [-0.39, 0.29) is 0 Å². The first-order valence-corrected chi connectivity index (χ1v) is 7.62. The third-order valence-electron chi connectivity index (χ3n) is 3.27. The number of hydrogen-bond acceptors (Lipinski definition) is 7. The predicted molar refractivity (Wildman–Crippen MR) is 77.5 cm³/mol. The maximum absolute atomic E-state index is 5.43. The van der Waals surface area contributed by atoms with Crippen LogP contribution in [0.4, 0.5) is 5.95 Å². The van der Waals surface area contributed by atoms with E-state index in [9.17, 15) is 0 Å². The molecule has 0 aromatic carbocycles. The number of nitrogens with two attached hydrogens (primary N) is 1. The Kier molecular flexibility index (Phi) is 4.12. The van der Waals surface area contributed by atoms with Gasteiger partial charge in [0.2, 0.25) is 5.95 Å². The molecule has 0 aliphatic heterocycles. The van der Waals surface area contributed by atoms with Crippen LogP contribution in [0.15, 0.2) is 23.6 Å². The second-order valence-electron chi connectivity index (χ2n) is 4.71. The van der Waals surface area contributed by atoms with Gasteiger partial charge in [-0.15, -0.1) is 0 Å². The molecule has 0 spiro atoms. The predicted octanol–water partition coefficient (Wildman–Crippen LogP) is 1.77. The Balaban J connectivity index is 1.84. The Morgan fingerprint density at radius 1 is 1.20 bits per heavy atom. The molecule has 1 aliphatic carbocycles. The van der Waals surface area contributed by atoms with E-state index in [1.807, 2.05) is 6.07 Å². The highest BCUT2D eigenvalue weighted by Gasteiger charge is 2.17. The smallest absolute Gasteiger partial charge is 0.256 e. The summed E-state index contributed by atoms with van der Waals surface area (Å²) in [6.45, 7) is 0. The summed E-state index contributed by atoms with van der Waals surface area (Å²) in [4.78, 5) is 13.0. The van der Waals surface area contributed by atoms with E-state index in [4.69, 9.17) is 5.84 Å². The highest BCUT2D eigenvalue weighted by Crippen LogP contribution is 2.32. The third-order valence-corrected chi connectivity index (χ3v) is 4.46. The highest BCUT2D eigenvalue weighted by atomic mass is 32.2. The maximum atomic E-state index is 5.43. The molecule has 2 aromatic rings. The van der Waals surface area contributed by atoms with Crippen molar-refractivity contribution in [3.63, 3.8) is 0 Å². The van der Waals surface area contributed by atoms with Gasteiger partial charge in [0.25, 0.3) is 5.95 Å². The first-order chi connectivity index (χ1) is 9.85. The van der Waals surface area contributed by atoms with Crippen molar-refractivity contribution in [1.29, 1.82) is 0 Å². The van der Waals surface area contributed by atoms with E-state index in [0.29, 0.717) is 22.3 Å². The summed E-state index contributed by atoms with van der Waals surface area (Å²) in [6.07, 6.45) is 9.84. The van der Waals surface area contributed by atoms with Crippen molar-refractivity contribution in [2.45, 2.75) is 42.5 Å². The molecule has 0 amide bonds. The van der Waals surface area contributed by atoms with E-state index in [1.54, 1.807) is 28.8 Å². The minimum atomic E-state index is 0.365. The van der Waals surface area contributed by atoms with Crippen LogP contribution < -0.4 is 11.3 Å². The fourth-order valence-corrected chi connectivity index (χ4v) is 3.43. The monoisotopic (exact) mass is 291 g/mol. The molecule has 0 atom stereocenters. The molecule has 0 bridgehead atoms. The first kappa shape index (κ1) is 13.3. The third kappa shape index (κ3) is 3.07. The van der Waals surface area contributed by atoms with Crippen molar-refractivity contribution in [2.75, 3.05) is 5.43 Å². The van der Waals surface area contributed by atoms with E-state index < -0.39 is 0 Å². The van der Waals surface area contributed by atoms with Crippen LogP contribution in [0, 0.1) is 0 Å². The number of anilines is 1. The van der Waals surface area contributed by atoms with Crippen LogP contribution in [0.5, 0.6) is 0 Å². The summed E-state index contributed by atoms with van der Waals surface area (Å²) >= 11 is 1.71. The zero-order valence-electron chi connectivity index (χ0n) is 11.1. The SMILES string of the molecule is NNc1nc(SC2CCCCC2)nc(-n2cccn2)n1. The lowest BCUT2D eigenvalue weighted by Gasteiger charge is -2.20. The van der Waals surface area contributed by atoms with Gasteiger partial charge in [0.15, 0.2) is 5.16 Å². The van der Waals surface area contributed by atoms with E-state index in [2.05, 4.69) is 25.5 Å². The largest absolute Gasteiger partial charge is 0.292 e. The molecule has 0 saturated heterocycles. The molecule has 1 fully saturated rings. The molecule has 106 valence electrons. The van der Waals surface area contributed by atoms with Crippen molar-refractivity contribution < 1.29 is 0 Å². The average molecular weight is 291 g/mol.